The number of urea groups is 1. The van der Waals surface area contributed by atoms with E-state index in [4.69, 9.17) is 5.73 Å². The van der Waals surface area contributed by atoms with Crippen LogP contribution in [0.15, 0.2) is 4.99 Å². The molecule has 0 aromatic heterocycles. The molecule has 2 amide bonds. The molecular formula is C8H15N3O. The van der Waals surface area contributed by atoms with Gasteiger partial charge in [-0.25, -0.2) is 4.79 Å². The first-order valence-electron chi connectivity index (χ1n) is 4.05. The summed E-state index contributed by atoms with van der Waals surface area (Å²) < 4.78 is 0. The van der Waals surface area contributed by atoms with Gasteiger partial charge in [-0.2, -0.15) is 4.99 Å². The zero-order valence-electron chi connectivity index (χ0n) is 7.96. The second kappa shape index (κ2) is 2.47. The van der Waals surface area contributed by atoms with Crippen LogP contribution in [0.25, 0.3) is 0 Å². The monoisotopic (exact) mass is 169 g/mol. The van der Waals surface area contributed by atoms with Crippen molar-refractivity contribution in [1.29, 1.82) is 0 Å². The summed E-state index contributed by atoms with van der Waals surface area (Å²) in [5.41, 5.74) is 5.19. The maximum absolute atomic E-state index is 11.3. The number of aliphatic imine (C=N–C) groups is 1. The van der Waals surface area contributed by atoms with Gasteiger partial charge in [0.15, 0.2) is 0 Å². The molecule has 1 aliphatic heterocycles. The zero-order valence-corrected chi connectivity index (χ0v) is 7.96. The highest BCUT2D eigenvalue weighted by atomic mass is 16.2. The van der Waals surface area contributed by atoms with Gasteiger partial charge in [0, 0.05) is 6.04 Å². The van der Waals surface area contributed by atoms with Gasteiger partial charge in [-0.15, -0.1) is 0 Å². The lowest BCUT2D eigenvalue weighted by atomic mass is 10.0. The third-order valence-corrected chi connectivity index (χ3v) is 2.17. The van der Waals surface area contributed by atoms with E-state index in [0.717, 1.165) is 0 Å². The lowest BCUT2D eigenvalue weighted by molar-refractivity contribution is 0.164. The van der Waals surface area contributed by atoms with Crippen molar-refractivity contribution in [3.8, 4) is 0 Å². The average molecular weight is 169 g/mol. The van der Waals surface area contributed by atoms with Crippen molar-refractivity contribution in [2.24, 2.45) is 10.7 Å². The van der Waals surface area contributed by atoms with Gasteiger partial charge in [0.05, 0.1) is 5.54 Å². The van der Waals surface area contributed by atoms with Crippen molar-refractivity contribution < 1.29 is 4.79 Å². The fraction of sp³-hybridized carbons (Fsp3) is 0.750. The Morgan fingerprint density at radius 2 is 2.00 bits per heavy atom. The summed E-state index contributed by atoms with van der Waals surface area (Å²) in [6, 6.07) is -0.0928. The minimum Gasteiger partial charge on any atom is -0.385 e. The van der Waals surface area contributed by atoms with Crippen molar-refractivity contribution in [3.05, 3.63) is 0 Å². The van der Waals surface area contributed by atoms with Crippen LogP contribution in [0.1, 0.15) is 27.7 Å². The summed E-state index contributed by atoms with van der Waals surface area (Å²) >= 11 is 0. The second-order valence-corrected chi connectivity index (χ2v) is 3.80. The molecule has 12 heavy (non-hydrogen) atoms. The summed E-state index contributed by atoms with van der Waals surface area (Å²) in [7, 11) is 0. The van der Waals surface area contributed by atoms with Gasteiger partial charge in [0.25, 0.3) is 0 Å². The Bertz CT molecular complexity index is 243. The molecule has 2 N–H and O–H groups in total. The molecule has 4 heteroatoms. The van der Waals surface area contributed by atoms with Gasteiger partial charge < -0.3 is 10.6 Å². The van der Waals surface area contributed by atoms with Crippen LogP contribution in [0.4, 0.5) is 4.79 Å². The SMILES string of the molecule is CC(C)N1C(=O)N=C(N)C1(C)C. The lowest BCUT2D eigenvalue weighted by Crippen LogP contribution is -2.52. The quantitative estimate of drug-likeness (QED) is 0.635. The summed E-state index contributed by atoms with van der Waals surface area (Å²) in [6.45, 7) is 7.70. The van der Waals surface area contributed by atoms with Crippen LogP contribution in [-0.4, -0.2) is 28.3 Å². The van der Waals surface area contributed by atoms with E-state index < -0.39 is 5.54 Å². The summed E-state index contributed by atoms with van der Waals surface area (Å²) in [5, 5.41) is 0. The maximum Gasteiger partial charge on any atom is 0.346 e. The average Bonchev–Trinajstić information content (AvgIpc) is 2.02. The fourth-order valence-electron chi connectivity index (χ4n) is 1.52. The molecule has 68 valence electrons. The second-order valence-electron chi connectivity index (χ2n) is 3.80. The first-order chi connectivity index (χ1) is 5.37. The largest absolute Gasteiger partial charge is 0.385 e. The van der Waals surface area contributed by atoms with Crippen molar-refractivity contribution >= 4 is 11.9 Å². The van der Waals surface area contributed by atoms with E-state index in [0.29, 0.717) is 5.84 Å². The maximum atomic E-state index is 11.3. The highest BCUT2D eigenvalue weighted by molar-refractivity contribution is 6.05. The molecule has 0 atom stereocenters. The van der Waals surface area contributed by atoms with Crippen LogP contribution >= 0.6 is 0 Å². The molecular weight excluding hydrogens is 154 g/mol. The number of amides is 2. The first kappa shape index (κ1) is 9.03. The van der Waals surface area contributed by atoms with Crippen LogP contribution < -0.4 is 5.73 Å². The lowest BCUT2D eigenvalue weighted by Gasteiger charge is -2.34. The molecule has 0 spiro atoms. The van der Waals surface area contributed by atoms with E-state index >= 15 is 0 Å². The summed E-state index contributed by atoms with van der Waals surface area (Å²) in [5.74, 6) is 0.404. The number of carbonyl (C=O) groups excluding carboxylic acids is 1. The number of rotatable bonds is 1. The molecule has 0 bridgehead atoms. The molecule has 0 fully saturated rings. The van der Waals surface area contributed by atoms with Gasteiger partial charge in [0.1, 0.15) is 5.84 Å². The highest BCUT2D eigenvalue weighted by Crippen LogP contribution is 2.24. The Labute approximate surface area is 72.4 Å². The standard InChI is InChI=1S/C8H15N3O/c1-5(2)11-7(12)10-6(9)8(11,3)4/h5H,1-4H3,(H2,9,10,12). The molecule has 0 saturated heterocycles. The topological polar surface area (TPSA) is 58.7 Å². The predicted molar refractivity (Wildman–Crippen MR) is 48.1 cm³/mol. The number of nitrogens with two attached hydrogens (primary N) is 1. The third-order valence-electron chi connectivity index (χ3n) is 2.17. The van der Waals surface area contributed by atoms with Crippen LogP contribution in [-0.2, 0) is 0 Å². The van der Waals surface area contributed by atoms with Crippen molar-refractivity contribution in [1.82, 2.24) is 4.90 Å². The molecule has 1 rings (SSSR count). The van der Waals surface area contributed by atoms with Crippen LogP contribution in [0.3, 0.4) is 0 Å². The third kappa shape index (κ3) is 1.07. The number of hydrogen-bond acceptors (Lipinski definition) is 2. The Morgan fingerprint density at radius 1 is 1.50 bits per heavy atom. The van der Waals surface area contributed by atoms with Gasteiger partial charge in [0.2, 0.25) is 0 Å². The highest BCUT2D eigenvalue weighted by Gasteiger charge is 2.41. The minimum atomic E-state index is -0.425. The molecule has 4 nitrogen and oxygen atoms in total. The van der Waals surface area contributed by atoms with E-state index in [-0.39, 0.29) is 12.1 Å². The van der Waals surface area contributed by atoms with Crippen molar-refractivity contribution in [3.63, 3.8) is 0 Å². The normalized spacial score (nSPS) is 21.9. The van der Waals surface area contributed by atoms with Gasteiger partial charge in [-0.05, 0) is 27.7 Å². The van der Waals surface area contributed by atoms with Crippen LogP contribution in [0, 0.1) is 0 Å². The number of nitrogens with zero attached hydrogens (tertiary/aromatic N) is 2. The summed E-state index contributed by atoms with van der Waals surface area (Å²) in [6.07, 6.45) is 0. The fourth-order valence-corrected chi connectivity index (χ4v) is 1.52. The van der Waals surface area contributed by atoms with Crippen LogP contribution in [0.2, 0.25) is 0 Å². The molecule has 0 aromatic rings. The van der Waals surface area contributed by atoms with Gasteiger partial charge >= 0.3 is 6.03 Å². The van der Waals surface area contributed by atoms with E-state index in [1.807, 2.05) is 27.7 Å². The predicted octanol–water partition coefficient (Wildman–Crippen LogP) is 0.966. The van der Waals surface area contributed by atoms with Crippen LogP contribution in [0.5, 0.6) is 0 Å². The smallest absolute Gasteiger partial charge is 0.346 e. The van der Waals surface area contributed by atoms with Gasteiger partial charge in [-0.1, -0.05) is 0 Å². The van der Waals surface area contributed by atoms with E-state index in [1.165, 1.54) is 0 Å². The Morgan fingerprint density at radius 3 is 2.17 bits per heavy atom. The Kier molecular flexibility index (Phi) is 1.86. The Balaban J connectivity index is 3.00. The van der Waals surface area contributed by atoms with E-state index in [1.54, 1.807) is 4.90 Å². The van der Waals surface area contributed by atoms with E-state index in [2.05, 4.69) is 4.99 Å². The number of hydrogen-bond donors (Lipinski definition) is 1. The molecule has 1 aliphatic rings. The zero-order chi connectivity index (χ0) is 9.52. The number of amidine groups is 1. The molecule has 0 radical (unpaired) electrons. The molecule has 0 aliphatic carbocycles. The minimum absolute atomic E-state index is 0.136. The molecule has 0 unspecified atom stereocenters. The number of carbonyl (C=O) groups is 1. The first-order valence-corrected chi connectivity index (χ1v) is 4.05. The van der Waals surface area contributed by atoms with Crippen molar-refractivity contribution in [2.45, 2.75) is 39.3 Å². The molecule has 0 saturated carbocycles. The summed E-state index contributed by atoms with van der Waals surface area (Å²) in [4.78, 5) is 16.7. The van der Waals surface area contributed by atoms with Crippen molar-refractivity contribution in [2.75, 3.05) is 0 Å². The van der Waals surface area contributed by atoms with Gasteiger partial charge in [-0.3, -0.25) is 0 Å². The molecule has 1 heterocycles. The molecule has 0 aromatic carbocycles. The van der Waals surface area contributed by atoms with E-state index in [9.17, 15) is 4.79 Å². The Hall–Kier alpha value is -1.06.